The fourth-order valence-electron chi connectivity index (χ4n) is 2.46. The second-order valence-electron chi connectivity index (χ2n) is 7.07. The Hall–Kier alpha value is -2.48. The van der Waals surface area contributed by atoms with Crippen LogP contribution in [0.3, 0.4) is 0 Å². The predicted molar refractivity (Wildman–Crippen MR) is 110 cm³/mol. The predicted octanol–water partition coefficient (Wildman–Crippen LogP) is 4.65. The molecule has 0 radical (unpaired) electrons. The number of nitrogens with one attached hydrogen (secondary N) is 1. The molecule has 0 saturated carbocycles. The van der Waals surface area contributed by atoms with Gasteiger partial charge in [0.25, 0.3) is 5.91 Å². The number of carbonyl (C=O) groups excluding carboxylic acids is 2. The number of halogens is 1. The number of anilines is 1. The van der Waals surface area contributed by atoms with Crippen molar-refractivity contribution in [3.8, 4) is 0 Å². The lowest BCUT2D eigenvalue weighted by Gasteiger charge is -2.19. The van der Waals surface area contributed by atoms with E-state index in [2.05, 4.69) is 10.3 Å². The fourth-order valence-corrected chi connectivity index (χ4v) is 3.61. The van der Waals surface area contributed by atoms with Crippen LogP contribution in [0.25, 0.3) is 10.2 Å². The smallest absolute Gasteiger partial charge is 0.338 e. The molecule has 0 spiro atoms. The van der Waals surface area contributed by atoms with E-state index in [1.807, 2.05) is 0 Å². The molecular weight excluding hydrogens is 400 g/mol. The Balaban J connectivity index is 1.77. The van der Waals surface area contributed by atoms with Gasteiger partial charge in [-0.25, -0.2) is 9.78 Å². The Morgan fingerprint density at radius 1 is 1.14 bits per heavy atom. The molecule has 0 aliphatic carbocycles. The van der Waals surface area contributed by atoms with Gasteiger partial charge in [-0.15, -0.1) is 11.3 Å². The zero-order chi connectivity index (χ0) is 20.5. The molecule has 0 aliphatic heterocycles. The summed E-state index contributed by atoms with van der Waals surface area (Å²) in [5.74, 6) is -0.814. The third kappa shape index (κ3) is 4.49. The molecule has 8 heteroatoms. The lowest BCUT2D eigenvalue weighted by molar-refractivity contribution is 0.00693. The molecule has 0 aliphatic rings. The zero-order valence-corrected chi connectivity index (χ0v) is 17.1. The Morgan fingerprint density at radius 2 is 1.79 bits per heavy atom. The van der Waals surface area contributed by atoms with Crippen LogP contribution in [-0.2, 0) is 11.3 Å². The largest absolute Gasteiger partial charge is 0.456 e. The van der Waals surface area contributed by atoms with Crippen LogP contribution in [0, 0.1) is 0 Å². The van der Waals surface area contributed by atoms with Crippen molar-refractivity contribution in [2.45, 2.75) is 33.0 Å². The van der Waals surface area contributed by atoms with Gasteiger partial charge in [0.2, 0.25) is 0 Å². The van der Waals surface area contributed by atoms with E-state index in [-0.39, 0.29) is 12.5 Å². The first-order valence-corrected chi connectivity index (χ1v) is 9.71. The number of ether oxygens (including phenoxy) is 1. The highest BCUT2D eigenvalue weighted by molar-refractivity contribution is 7.18. The lowest BCUT2D eigenvalue weighted by Crippen LogP contribution is -2.24. The van der Waals surface area contributed by atoms with E-state index in [4.69, 9.17) is 16.3 Å². The summed E-state index contributed by atoms with van der Waals surface area (Å²) >= 11 is 7.70. The average molecular weight is 419 g/mol. The summed E-state index contributed by atoms with van der Waals surface area (Å²) in [5, 5.41) is 12.8. The van der Waals surface area contributed by atoms with Crippen LogP contribution < -0.4 is 5.32 Å². The van der Waals surface area contributed by atoms with Gasteiger partial charge in [0.05, 0.1) is 27.6 Å². The highest BCUT2D eigenvalue weighted by Crippen LogP contribution is 2.34. The minimum atomic E-state index is -0.589. The lowest BCUT2D eigenvalue weighted by atomic mass is 10.1. The highest BCUT2D eigenvalue weighted by atomic mass is 35.5. The molecule has 3 aromatic rings. The van der Waals surface area contributed by atoms with Gasteiger partial charge in [-0.1, -0.05) is 11.6 Å². The van der Waals surface area contributed by atoms with E-state index in [9.17, 15) is 14.7 Å². The highest BCUT2D eigenvalue weighted by Gasteiger charge is 2.18. The summed E-state index contributed by atoms with van der Waals surface area (Å²) in [5.41, 5.74) is 1.11. The number of esters is 1. The second kappa shape index (κ2) is 7.87. The molecule has 146 valence electrons. The molecule has 1 amide bonds. The van der Waals surface area contributed by atoms with Crippen molar-refractivity contribution in [1.82, 2.24) is 4.98 Å². The number of hydrogen-bond acceptors (Lipinski definition) is 6. The molecule has 0 bridgehead atoms. The molecule has 0 atom stereocenters. The fraction of sp³-hybridized carbons (Fsp3) is 0.250. The standard InChI is InChI=1S/C20H19ClN2O4S/c1-20(2,3)27-19(26)12-6-4-11(5-7-12)18(25)22-13-8-9-14-17(16(13)21)23-15(10-24)28-14/h4-9,24H,10H2,1-3H3,(H,22,25). The van der Waals surface area contributed by atoms with Crippen molar-refractivity contribution in [2.24, 2.45) is 0 Å². The first-order valence-electron chi connectivity index (χ1n) is 8.51. The number of aromatic nitrogens is 1. The summed E-state index contributed by atoms with van der Waals surface area (Å²) in [6.07, 6.45) is 0. The number of fused-ring (bicyclic) bond motifs is 1. The summed E-state index contributed by atoms with van der Waals surface area (Å²) in [6, 6.07) is 9.67. The first kappa shape index (κ1) is 20.3. The van der Waals surface area contributed by atoms with Gasteiger partial charge in [0, 0.05) is 5.56 Å². The minimum Gasteiger partial charge on any atom is -0.456 e. The normalized spacial score (nSPS) is 11.5. The number of aliphatic hydroxyl groups is 1. The van der Waals surface area contributed by atoms with Gasteiger partial charge in [-0.2, -0.15) is 0 Å². The average Bonchev–Trinajstić information content (AvgIpc) is 3.07. The van der Waals surface area contributed by atoms with E-state index < -0.39 is 11.6 Å². The van der Waals surface area contributed by atoms with Crippen LogP contribution in [-0.4, -0.2) is 27.6 Å². The number of amides is 1. The maximum Gasteiger partial charge on any atom is 0.338 e. The van der Waals surface area contributed by atoms with E-state index in [1.165, 1.54) is 11.3 Å². The number of nitrogens with zero attached hydrogens (tertiary/aromatic N) is 1. The molecule has 1 heterocycles. The molecule has 2 N–H and O–H groups in total. The molecular formula is C20H19ClN2O4S. The quantitative estimate of drug-likeness (QED) is 0.602. The maximum absolute atomic E-state index is 12.5. The number of hydrogen-bond donors (Lipinski definition) is 2. The molecule has 0 fully saturated rings. The van der Waals surface area contributed by atoms with Gasteiger partial charge in [-0.05, 0) is 57.2 Å². The van der Waals surface area contributed by atoms with Gasteiger partial charge < -0.3 is 15.2 Å². The van der Waals surface area contributed by atoms with Crippen LogP contribution in [0.15, 0.2) is 36.4 Å². The molecule has 2 aromatic carbocycles. The van der Waals surface area contributed by atoms with Gasteiger partial charge in [0.15, 0.2) is 0 Å². The Bertz CT molecular complexity index is 1040. The van der Waals surface area contributed by atoms with Crippen LogP contribution in [0.4, 0.5) is 5.69 Å². The third-order valence-corrected chi connectivity index (χ3v) is 5.10. The Kier molecular flexibility index (Phi) is 5.69. The summed E-state index contributed by atoms with van der Waals surface area (Å²) in [6.45, 7) is 5.21. The Morgan fingerprint density at radius 3 is 2.39 bits per heavy atom. The maximum atomic E-state index is 12.5. The third-order valence-electron chi connectivity index (χ3n) is 3.71. The van der Waals surface area contributed by atoms with Crippen molar-refractivity contribution in [3.63, 3.8) is 0 Å². The zero-order valence-electron chi connectivity index (χ0n) is 15.6. The van der Waals surface area contributed by atoms with Crippen molar-refractivity contribution < 1.29 is 19.4 Å². The van der Waals surface area contributed by atoms with Crippen LogP contribution in [0.2, 0.25) is 5.02 Å². The minimum absolute atomic E-state index is 0.165. The monoisotopic (exact) mass is 418 g/mol. The number of benzene rings is 2. The number of rotatable bonds is 4. The summed E-state index contributed by atoms with van der Waals surface area (Å²) < 4.78 is 6.13. The van der Waals surface area contributed by atoms with E-state index in [0.717, 1.165) is 4.70 Å². The molecule has 1 aromatic heterocycles. The van der Waals surface area contributed by atoms with Crippen molar-refractivity contribution >= 4 is 50.7 Å². The molecule has 28 heavy (non-hydrogen) atoms. The van der Waals surface area contributed by atoms with E-state index in [0.29, 0.717) is 32.4 Å². The summed E-state index contributed by atoms with van der Waals surface area (Å²) in [7, 11) is 0. The molecule has 3 rings (SSSR count). The SMILES string of the molecule is CC(C)(C)OC(=O)c1ccc(C(=O)Nc2ccc3sc(CO)nc3c2Cl)cc1. The number of aliphatic hydroxyl groups excluding tert-OH is 1. The van der Waals surface area contributed by atoms with Crippen molar-refractivity contribution in [2.75, 3.05) is 5.32 Å². The number of carbonyl (C=O) groups is 2. The molecule has 0 unspecified atom stereocenters. The van der Waals surface area contributed by atoms with Crippen molar-refractivity contribution in [1.29, 1.82) is 0 Å². The van der Waals surface area contributed by atoms with Crippen LogP contribution in [0.1, 0.15) is 46.5 Å². The van der Waals surface area contributed by atoms with Crippen LogP contribution in [0.5, 0.6) is 0 Å². The Labute approximate surface area is 171 Å². The van der Waals surface area contributed by atoms with Gasteiger partial charge >= 0.3 is 5.97 Å². The topological polar surface area (TPSA) is 88.5 Å². The molecule has 6 nitrogen and oxygen atoms in total. The van der Waals surface area contributed by atoms with Crippen molar-refractivity contribution in [3.05, 3.63) is 57.6 Å². The number of thiazole rings is 1. The molecule has 0 saturated heterocycles. The first-order chi connectivity index (χ1) is 13.2. The van der Waals surface area contributed by atoms with Gasteiger partial charge in [0.1, 0.15) is 16.1 Å². The second-order valence-corrected chi connectivity index (χ2v) is 8.57. The van der Waals surface area contributed by atoms with Gasteiger partial charge in [-0.3, -0.25) is 4.79 Å². The van der Waals surface area contributed by atoms with Crippen LogP contribution >= 0.6 is 22.9 Å². The van der Waals surface area contributed by atoms with E-state index in [1.54, 1.807) is 57.2 Å². The van der Waals surface area contributed by atoms with E-state index >= 15 is 0 Å². The summed E-state index contributed by atoms with van der Waals surface area (Å²) in [4.78, 5) is 28.9.